The van der Waals surface area contributed by atoms with E-state index in [0.717, 1.165) is 31.7 Å². The van der Waals surface area contributed by atoms with Crippen molar-refractivity contribution in [1.29, 1.82) is 0 Å². The minimum absolute atomic E-state index is 0.0693. The first-order chi connectivity index (χ1) is 14.4. The zero-order chi connectivity index (χ0) is 21.5. The zero-order valence-corrected chi connectivity index (χ0v) is 18.5. The molecule has 0 atom stereocenters. The van der Waals surface area contributed by atoms with Crippen LogP contribution in [-0.2, 0) is 16.1 Å². The molecule has 2 amide bonds. The van der Waals surface area contributed by atoms with Crippen LogP contribution in [0.5, 0.6) is 0 Å². The van der Waals surface area contributed by atoms with Crippen molar-refractivity contribution in [1.82, 2.24) is 14.7 Å². The number of hydrogen-bond acceptors (Lipinski definition) is 4. The summed E-state index contributed by atoms with van der Waals surface area (Å²) in [5, 5.41) is 4.04. The van der Waals surface area contributed by atoms with E-state index in [1.807, 2.05) is 36.4 Å². The molecule has 6 nitrogen and oxygen atoms in total. The Balaban J connectivity index is 1.40. The number of benzene rings is 2. The number of likely N-dealkylation sites (N-methyl/N-ethyl adjacent to an activating group) is 1. The molecule has 1 aliphatic rings. The fourth-order valence-electron chi connectivity index (χ4n) is 3.37. The number of piperazine rings is 1. The van der Waals surface area contributed by atoms with Gasteiger partial charge in [0.15, 0.2) is 0 Å². The summed E-state index contributed by atoms with van der Waals surface area (Å²) >= 11 is 12.1. The number of halogens is 2. The number of anilines is 1. The second kappa shape index (κ2) is 10.8. The third-order valence-electron chi connectivity index (χ3n) is 5.07. The molecule has 30 heavy (non-hydrogen) atoms. The maximum atomic E-state index is 12.6. The summed E-state index contributed by atoms with van der Waals surface area (Å²) < 4.78 is 0. The van der Waals surface area contributed by atoms with Gasteiger partial charge in [-0.05, 0) is 29.8 Å². The van der Waals surface area contributed by atoms with Crippen LogP contribution in [0, 0.1) is 0 Å². The number of nitrogens with one attached hydrogen (secondary N) is 1. The van der Waals surface area contributed by atoms with Crippen LogP contribution in [0.25, 0.3) is 0 Å². The molecule has 3 rings (SSSR count). The van der Waals surface area contributed by atoms with E-state index < -0.39 is 0 Å². The molecule has 1 saturated heterocycles. The summed E-state index contributed by atoms with van der Waals surface area (Å²) in [6, 6.07) is 14.7. The highest BCUT2D eigenvalue weighted by molar-refractivity contribution is 6.33. The number of carbonyl (C=O) groups excluding carboxylic acids is 2. The minimum Gasteiger partial charge on any atom is -0.340 e. The Kier molecular flexibility index (Phi) is 8.10. The number of carbonyl (C=O) groups is 2. The lowest BCUT2D eigenvalue weighted by molar-refractivity contribution is -0.132. The first-order valence-electron chi connectivity index (χ1n) is 9.88. The highest BCUT2D eigenvalue weighted by Crippen LogP contribution is 2.20. The molecule has 0 saturated carbocycles. The molecule has 1 fully saturated rings. The van der Waals surface area contributed by atoms with Gasteiger partial charge in [0, 0.05) is 44.8 Å². The van der Waals surface area contributed by atoms with Gasteiger partial charge in [0.25, 0.3) is 0 Å². The summed E-state index contributed by atoms with van der Waals surface area (Å²) in [5.74, 6) is -0.0197. The Morgan fingerprint density at radius 2 is 1.63 bits per heavy atom. The molecule has 8 heteroatoms. The van der Waals surface area contributed by atoms with E-state index in [9.17, 15) is 9.59 Å². The first-order valence-corrected chi connectivity index (χ1v) is 10.6. The molecule has 1 aliphatic heterocycles. The number of nitrogens with zero attached hydrogens (tertiary/aromatic N) is 3. The van der Waals surface area contributed by atoms with Gasteiger partial charge in [0.05, 0.1) is 23.8 Å². The van der Waals surface area contributed by atoms with Crippen LogP contribution < -0.4 is 5.32 Å². The highest BCUT2D eigenvalue weighted by Gasteiger charge is 2.22. The molecular weight excluding hydrogens is 423 g/mol. The van der Waals surface area contributed by atoms with E-state index in [0.29, 0.717) is 35.4 Å². The van der Waals surface area contributed by atoms with E-state index in [4.69, 9.17) is 23.2 Å². The van der Waals surface area contributed by atoms with Crippen LogP contribution in [0.3, 0.4) is 0 Å². The summed E-state index contributed by atoms with van der Waals surface area (Å²) in [6.07, 6.45) is 0. The van der Waals surface area contributed by atoms with Gasteiger partial charge in [-0.2, -0.15) is 0 Å². The summed E-state index contributed by atoms with van der Waals surface area (Å²) in [7, 11) is 1.80. The molecule has 0 unspecified atom stereocenters. The molecule has 0 aliphatic carbocycles. The molecule has 0 bridgehead atoms. The van der Waals surface area contributed by atoms with E-state index in [1.165, 1.54) is 0 Å². The number of para-hydroxylation sites is 1. The van der Waals surface area contributed by atoms with E-state index in [2.05, 4.69) is 15.1 Å². The summed E-state index contributed by atoms with van der Waals surface area (Å²) in [4.78, 5) is 30.8. The molecule has 1 N–H and O–H groups in total. The van der Waals surface area contributed by atoms with Gasteiger partial charge in [-0.3, -0.25) is 19.4 Å². The Bertz CT molecular complexity index is 885. The number of hydrogen-bond donors (Lipinski definition) is 1. The molecule has 160 valence electrons. The smallest absolute Gasteiger partial charge is 0.238 e. The third-order valence-corrected chi connectivity index (χ3v) is 5.64. The highest BCUT2D eigenvalue weighted by atomic mass is 35.5. The Morgan fingerprint density at radius 1 is 0.967 bits per heavy atom. The van der Waals surface area contributed by atoms with Crippen molar-refractivity contribution >= 4 is 40.7 Å². The van der Waals surface area contributed by atoms with Gasteiger partial charge in [-0.1, -0.05) is 47.5 Å². The number of rotatable bonds is 7. The largest absolute Gasteiger partial charge is 0.340 e. The molecule has 0 radical (unpaired) electrons. The average Bonchev–Trinajstić information content (AvgIpc) is 2.71. The van der Waals surface area contributed by atoms with Crippen LogP contribution in [0.4, 0.5) is 5.69 Å². The second-order valence-electron chi connectivity index (χ2n) is 7.46. The standard InChI is InChI=1S/C22H26Cl2N4O2/c1-26(14-17-5-4-6-18(23)13-17)22(30)16-28-11-9-27(10-12-28)15-21(29)25-20-8-3-2-7-19(20)24/h2-8,13H,9-12,14-16H2,1H3,(H,25,29). The second-order valence-corrected chi connectivity index (χ2v) is 8.30. The van der Waals surface area contributed by atoms with Gasteiger partial charge in [-0.15, -0.1) is 0 Å². The molecule has 2 aromatic rings. The van der Waals surface area contributed by atoms with Crippen molar-refractivity contribution in [3.63, 3.8) is 0 Å². The van der Waals surface area contributed by atoms with Gasteiger partial charge in [0.2, 0.25) is 11.8 Å². The normalized spacial score (nSPS) is 15.0. The minimum atomic E-state index is -0.0890. The van der Waals surface area contributed by atoms with Crippen molar-refractivity contribution in [3.05, 3.63) is 64.1 Å². The fourth-order valence-corrected chi connectivity index (χ4v) is 3.77. The molecule has 0 spiro atoms. The van der Waals surface area contributed by atoms with Crippen molar-refractivity contribution in [2.24, 2.45) is 0 Å². The van der Waals surface area contributed by atoms with Gasteiger partial charge < -0.3 is 10.2 Å². The quantitative estimate of drug-likeness (QED) is 0.706. The topological polar surface area (TPSA) is 55.9 Å². The van der Waals surface area contributed by atoms with Crippen LogP contribution in [0.1, 0.15) is 5.56 Å². The van der Waals surface area contributed by atoms with Crippen molar-refractivity contribution in [2.45, 2.75) is 6.54 Å². The maximum Gasteiger partial charge on any atom is 0.238 e. The lowest BCUT2D eigenvalue weighted by atomic mass is 10.2. The Hall–Kier alpha value is -2.12. The van der Waals surface area contributed by atoms with Crippen LogP contribution in [0.15, 0.2) is 48.5 Å². The fraction of sp³-hybridized carbons (Fsp3) is 0.364. The zero-order valence-electron chi connectivity index (χ0n) is 17.0. The Labute approximate surface area is 187 Å². The predicted octanol–water partition coefficient (Wildman–Crippen LogP) is 3.21. The maximum absolute atomic E-state index is 12.6. The first kappa shape index (κ1) is 22.6. The average molecular weight is 449 g/mol. The van der Waals surface area contributed by atoms with Gasteiger partial charge in [0.1, 0.15) is 0 Å². The summed E-state index contributed by atoms with van der Waals surface area (Å²) in [5.41, 5.74) is 1.63. The van der Waals surface area contributed by atoms with Crippen molar-refractivity contribution in [2.75, 3.05) is 51.6 Å². The van der Waals surface area contributed by atoms with E-state index in [-0.39, 0.29) is 11.8 Å². The van der Waals surface area contributed by atoms with E-state index >= 15 is 0 Å². The van der Waals surface area contributed by atoms with E-state index in [1.54, 1.807) is 24.1 Å². The van der Waals surface area contributed by atoms with Crippen LogP contribution >= 0.6 is 23.2 Å². The van der Waals surface area contributed by atoms with Gasteiger partial charge in [-0.25, -0.2) is 0 Å². The SMILES string of the molecule is CN(Cc1cccc(Cl)c1)C(=O)CN1CCN(CC(=O)Nc2ccccc2Cl)CC1. The van der Waals surface area contributed by atoms with Crippen molar-refractivity contribution < 1.29 is 9.59 Å². The molecule has 0 aromatic heterocycles. The van der Waals surface area contributed by atoms with Crippen LogP contribution in [-0.4, -0.2) is 72.8 Å². The van der Waals surface area contributed by atoms with Crippen molar-refractivity contribution in [3.8, 4) is 0 Å². The molecule has 2 aromatic carbocycles. The molecular formula is C22H26Cl2N4O2. The third kappa shape index (κ3) is 6.71. The Morgan fingerprint density at radius 3 is 2.30 bits per heavy atom. The lowest BCUT2D eigenvalue weighted by Crippen LogP contribution is -2.51. The number of amides is 2. The van der Waals surface area contributed by atoms with Gasteiger partial charge >= 0.3 is 0 Å². The lowest BCUT2D eigenvalue weighted by Gasteiger charge is -2.34. The monoisotopic (exact) mass is 448 g/mol. The summed E-state index contributed by atoms with van der Waals surface area (Å²) in [6.45, 7) is 4.18. The predicted molar refractivity (Wildman–Crippen MR) is 121 cm³/mol. The molecule has 1 heterocycles. The van der Waals surface area contributed by atoms with Crippen LogP contribution in [0.2, 0.25) is 10.0 Å².